The Morgan fingerprint density at radius 3 is 2.19 bits per heavy atom. The van der Waals surface area contributed by atoms with E-state index in [1.54, 1.807) is 48.7 Å². The summed E-state index contributed by atoms with van der Waals surface area (Å²) in [6.07, 6.45) is 4.36. The van der Waals surface area contributed by atoms with Crippen molar-refractivity contribution >= 4 is 58.2 Å². The highest BCUT2D eigenvalue weighted by Crippen LogP contribution is 2.41. The lowest BCUT2D eigenvalue weighted by molar-refractivity contribution is -0.120. The molecule has 15 heteroatoms. The number of anilines is 1. The van der Waals surface area contributed by atoms with E-state index in [1.165, 1.54) is 7.11 Å². The summed E-state index contributed by atoms with van der Waals surface area (Å²) in [5, 5.41) is 16.4. The number of benzene rings is 2. The Labute approximate surface area is 316 Å². The molecular formula is C37H38Cl3N7O5. The third-order valence-corrected chi connectivity index (χ3v) is 9.92. The lowest BCUT2D eigenvalue weighted by Crippen LogP contribution is -2.35. The van der Waals surface area contributed by atoms with Crippen LogP contribution in [0.3, 0.4) is 0 Å². The second-order valence-corrected chi connectivity index (χ2v) is 13.7. The molecule has 5 N–H and O–H groups in total. The fraction of sp³-hybridized carbons (Fsp3) is 0.324. The Morgan fingerprint density at radius 2 is 1.56 bits per heavy atom. The molecule has 2 saturated heterocycles. The number of hydrogen-bond donors (Lipinski definition) is 5. The van der Waals surface area contributed by atoms with Crippen molar-refractivity contribution < 1.29 is 23.9 Å². The number of carbonyl (C=O) groups is 3. The van der Waals surface area contributed by atoms with Gasteiger partial charge in [-0.3, -0.25) is 19.4 Å². The lowest BCUT2D eigenvalue weighted by atomic mass is 10.0. The number of nitrogens with zero attached hydrogens (tertiary/aromatic N) is 2. The number of nitrogens with one attached hydrogen (secondary N) is 5. The van der Waals surface area contributed by atoms with Gasteiger partial charge in [0.05, 0.1) is 27.9 Å². The van der Waals surface area contributed by atoms with Gasteiger partial charge in [0.2, 0.25) is 17.7 Å². The molecule has 6 rings (SSSR count). The van der Waals surface area contributed by atoms with E-state index in [9.17, 15) is 14.4 Å². The minimum absolute atomic E-state index is 0.0184. The number of halogens is 3. The van der Waals surface area contributed by atoms with E-state index in [-0.39, 0.29) is 36.2 Å². The Bertz CT molecular complexity index is 1950. The van der Waals surface area contributed by atoms with Crippen molar-refractivity contribution in [2.45, 2.75) is 57.5 Å². The highest BCUT2D eigenvalue weighted by atomic mass is 35.5. The fourth-order valence-electron chi connectivity index (χ4n) is 6.05. The van der Waals surface area contributed by atoms with E-state index in [1.807, 2.05) is 12.1 Å². The van der Waals surface area contributed by atoms with Crippen LogP contribution in [0.5, 0.6) is 11.6 Å². The summed E-state index contributed by atoms with van der Waals surface area (Å²) >= 11 is 20.3. The molecule has 4 aromatic rings. The van der Waals surface area contributed by atoms with Gasteiger partial charge in [-0.05, 0) is 42.7 Å². The highest BCUT2D eigenvalue weighted by Gasteiger charge is 2.22. The van der Waals surface area contributed by atoms with Crippen LogP contribution in [0.25, 0.3) is 11.1 Å². The van der Waals surface area contributed by atoms with E-state index in [0.717, 1.165) is 24.0 Å². The van der Waals surface area contributed by atoms with Crippen molar-refractivity contribution in [3.63, 3.8) is 0 Å². The molecule has 0 aliphatic carbocycles. The Kier molecular flexibility index (Phi) is 12.5. The van der Waals surface area contributed by atoms with Crippen LogP contribution in [0.1, 0.15) is 53.0 Å². The maximum atomic E-state index is 13.1. The molecule has 2 aromatic heterocycles. The van der Waals surface area contributed by atoms with Gasteiger partial charge in [-0.25, -0.2) is 4.98 Å². The number of carbonyl (C=O) groups excluding carboxylic acids is 3. The van der Waals surface area contributed by atoms with Crippen molar-refractivity contribution in [2.75, 3.05) is 25.5 Å². The molecule has 0 bridgehead atoms. The SMILES string of the molecule is COc1nc(COc2cccc(-c3cccc(NC(=O)c4ccc(CNC[C@@H]5CCC(=O)N5)cn4)c3Cl)c2Cl)c(Cl)cc1CNC[C@@H]1CCC(=O)N1. The summed E-state index contributed by atoms with van der Waals surface area (Å²) in [5.41, 5.74) is 3.96. The minimum atomic E-state index is -0.417. The predicted octanol–water partition coefficient (Wildman–Crippen LogP) is 5.68. The number of aromatic nitrogens is 2. The zero-order valence-corrected chi connectivity index (χ0v) is 30.6. The molecule has 2 aliphatic rings. The van der Waals surface area contributed by atoms with Gasteiger partial charge in [0.1, 0.15) is 23.7 Å². The van der Waals surface area contributed by atoms with Crippen LogP contribution < -0.4 is 36.1 Å². The van der Waals surface area contributed by atoms with Gasteiger partial charge in [-0.1, -0.05) is 65.1 Å². The van der Waals surface area contributed by atoms with Gasteiger partial charge >= 0.3 is 0 Å². The van der Waals surface area contributed by atoms with E-state index in [4.69, 9.17) is 44.3 Å². The summed E-state index contributed by atoms with van der Waals surface area (Å²) in [5.74, 6) is 0.528. The Balaban J connectivity index is 1.07. The van der Waals surface area contributed by atoms with Crippen molar-refractivity contribution in [3.05, 3.63) is 98.4 Å². The first-order valence-electron chi connectivity index (χ1n) is 16.9. The van der Waals surface area contributed by atoms with Crippen molar-refractivity contribution in [3.8, 4) is 22.8 Å². The smallest absolute Gasteiger partial charge is 0.274 e. The standard InChI is InChI=1S/C37H38Cl3N7O5/c1-51-37-22(17-42-19-24-10-13-33(49)45-24)14-27(38)30(47-37)20-52-31-7-3-5-26(35(31)40)25-4-2-6-28(34(25)39)46-36(50)29-11-8-21(16-43-29)15-41-18-23-9-12-32(48)44-23/h2-8,11,14,16,23-24,41-42H,9-10,12-13,15,17-20H2,1H3,(H,44,48)(H,45,49)(H,46,50)/t23-,24-/m0/s1. The topological polar surface area (TPSA) is 156 Å². The molecule has 0 radical (unpaired) electrons. The number of amides is 3. The van der Waals surface area contributed by atoms with Gasteiger partial charge < -0.3 is 36.1 Å². The van der Waals surface area contributed by atoms with Gasteiger partial charge in [0, 0.05) is 74.0 Å². The molecule has 0 spiro atoms. The van der Waals surface area contributed by atoms with Gasteiger partial charge in [0.15, 0.2) is 0 Å². The molecule has 2 aliphatic heterocycles. The predicted molar refractivity (Wildman–Crippen MR) is 200 cm³/mol. The van der Waals surface area contributed by atoms with Crippen LogP contribution in [-0.4, -0.2) is 60.0 Å². The van der Waals surface area contributed by atoms with Gasteiger partial charge in [-0.2, -0.15) is 0 Å². The van der Waals surface area contributed by atoms with E-state index < -0.39 is 5.91 Å². The van der Waals surface area contributed by atoms with Crippen LogP contribution >= 0.6 is 34.8 Å². The molecule has 272 valence electrons. The molecule has 4 heterocycles. The molecule has 0 unspecified atom stereocenters. The Morgan fingerprint density at radius 1 is 0.885 bits per heavy atom. The second kappa shape index (κ2) is 17.4. The average Bonchev–Trinajstić information content (AvgIpc) is 3.76. The minimum Gasteiger partial charge on any atom is -0.486 e. The average molecular weight is 767 g/mol. The van der Waals surface area contributed by atoms with Crippen LogP contribution in [0.2, 0.25) is 15.1 Å². The van der Waals surface area contributed by atoms with Gasteiger partial charge in [0.25, 0.3) is 5.91 Å². The number of rotatable bonds is 15. The highest BCUT2D eigenvalue weighted by molar-refractivity contribution is 6.39. The molecule has 2 atom stereocenters. The second-order valence-electron chi connectivity index (χ2n) is 12.5. The maximum Gasteiger partial charge on any atom is 0.274 e. The third kappa shape index (κ3) is 9.30. The summed E-state index contributed by atoms with van der Waals surface area (Å²) < 4.78 is 11.6. The first kappa shape index (κ1) is 37.3. The molecule has 2 fully saturated rings. The molecule has 12 nitrogen and oxygen atoms in total. The number of methoxy groups -OCH3 is 1. The molecular weight excluding hydrogens is 729 g/mol. The number of pyridine rings is 2. The van der Waals surface area contributed by atoms with E-state index >= 15 is 0 Å². The molecule has 0 saturated carbocycles. The third-order valence-electron chi connectivity index (χ3n) is 8.80. The molecule has 52 heavy (non-hydrogen) atoms. The fourth-order valence-corrected chi connectivity index (χ4v) is 6.83. The van der Waals surface area contributed by atoms with Gasteiger partial charge in [-0.15, -0.1) is 0 Å². The van der Waals surface area contributed by atoms with Crippen LogP contribution in [0.4, 0.5) is 5.69 Å². The summed E-state index contributed by atoms with van der Waals surface area (Å²) in [7, 11) is 1.54. The number of hydrogen-bond acceptors (Lipinski definition) is 9. The normalized spacial score (nSPS) is 16.8. The summed E-state index contributed by atoms with van der Waals surface area (Å²) in [6, 6.07) is 16.1. The molecule has 2 aromatic carbocycles. The zero-order chi connectivity index (χ0) is 36.6. The maximum absolute atomic E-state index is 13.1. The van der Waals surface area contributed by atoms with Crippen molar-refractivity contribution in [2.24, 2.45) is 0 Å². The zero-order valence-electron chi connectivity index (χ0n) is 28.4. The van der Waals surface area contributed by atoms with Crippen LogP contribution in [0.15, 0.2) is 60.8 Å². The van der Waals surface area contributed by atoms with Crippen LogP contribution in [0, 0.1) is 0 Å². The number of ether oxygens (including phenoxy) is 2. The first-order chi connectivity index (χ1) is 25.2. The summed E-state index contributed by atoms with van der Waals surface area (Å²) in [4.78, 5) is 44.9. The van der Waals surface area contributed by atoms with Crippen molar-refractivity contribution in [1.29, 1.82) is 0 Å². The first-order valence-corrected chi connectivity index (χ1v) is 18.0. The largest absolute Gasteiger partial charge is 0.486 e. The quantitative estimate of drug-likeness (QED) is 0.103. The monoisotopic (exact) mass is 765 g/mol. The van der Waals surface area contributed by atoms with E-state index in [0.29, 0.717) is 88.2 Å². The Hall–Kier alpha value is -4.46. The summed E-state index contributed by atoms with van der Waals surface area (Å²) in [6.45, 7) is 2.33. The van der Waals surface area contributed by atoms with E-state index in [2.05, 4.69) is 36.6 Å². The lowest BCUT2D eigenvalue weighted by Gasteiger charge is -2.16. The molecule has 3 amide bonds. The van der Waals surface area contributed by atoms with Crippen molar-refractivity contribution in [1.82, 2.24) is 31.2 Å². The van der Waals surface area contributed by atoms with Crippen LogP contribution in [-0.2, 0) is 29.3 Å².